The van der Waals surface area contributed by atoms with Gasteiger partial charge in [0, 0.05) is 19.2 Å². The molecule has 0 saturated carbocycles. The van der Waals surface area contributed by atoms with Crippen LogP contribution in [0.15, 0.2) is 28.0 Å². The van der Waals surface area contributed by atoms with Crippen LogP contribution in [-0.4, -0.2) is 82.0 Å². The van der Waals surface area contributed by atoms with Gasteiger partial charge in [0.05, 0.1) is 12.3 Å². The zero-order valence-corrected chi connectivity index (χ0v) is 32.7. The number of phosphoric acid groups is 1. The summed E-state index contributed by atoms with van der Waals surface area (Å²) in [4.78, 5) is 54.6. The number of anilines is 2. The molecule has 7 N–H and O–H groups in total. The molecule has 2 fully saturated rings. The normalized spacial score (nSPS) is 26.2. The van der Waals surface area contributed by atoms with Crippen LogP contribution >= 0.6 is 7.82 Å². The lowest BCUT2D eigenvalue weighted by Gasteiger charge is -2.43. The average molecular weight is 802 g/mol. The number of aliphatic hydroxyl groups is 3. The summed E-state index contributed by atoms with van der Waals surface area (Å²) in [5.41, 5.74) is 1.14. The summed E-state index contributed by atoms with van der Waals surface area (Å²) >= 11 is 0. The van der Waals surface area contributed by atoms with Crippen LogP contribution < -0.4 is 27.3 Å². The number of aromatic nitrogens is 4. The Kier molecular flexibility index (Phi) is 17.2. The molecule has 4 heterocycles. The molecule has 2 aromatic heterocycles. The number of nitrogens with zero attached hydrogens (tertiary/aromatic N) is 4. The Balaban J connectivity index is 1.27. The number of halogens is 1. The van der Waals surface area contributed by atoms with Crippen LogP contribution in [0.3, 0.4) is 0 Å². The third-order valence-corrected chi connectivity index (χ3v) is 11.1. The molecule has 17 nitrogen and oxygen atoms in total. The van der Waals surface area contributed by atoms with Crippen molar-refractivity contribution in [2.45, 2.75) is 172 Å². The molecule has 19 heteroatoms. The SMILES string of the molecule is CCCCCCCCCCCCCCCCCCNc1nc(=O)n(C2CC(O)C(C(C)(OP(=O)([O-])O)C3OC(n4ccc(N)nc4=O)C(O)C3O)O2)cc1F. The molecule has 0 amide bonds. The number of hydrogen-bond donors (Lipinski definition) is 6. The van der Waals surface area contributed by atoms with Gasteiger partial charge < -0.3 is 50.2 Å². The molecule has 2 aliphatic rings. The van der Waals surface area contributed by atoms with Crippen LogP contribution in [0.25, 0.3) is 0 Å². The van der Waals surface area contributed by atoms with E-state index < -0.39 is 80.0 Å². The molecule has 0 aromatic carbocycles. The number of phosphoric ester groups is 1. The Bertz CT molecular complexity index is 1660. The Morgan fingerprint density at radius 1 is 0.909 bits per heavy atom. The average Bonchev–Trinajstić information content (AvgIpc) is 3.65. The van der Waals surface area contributed by atoms with E-state index in [0.29, 0.717) is 6.54 Å². The van der Waals surface area contributed by atoms with Gasteiger partial charge in [0.25, 0.3) is 7.82 Å². The van der Waals surface area contributed by atoms with E-state index in [4.69, 9.17) is 19.7 Å². The summed E-state index contributed by atoms with van der Waals surface area (Å²) in [7, 11) is -5.68. The number of nitrogen functional groups attached to an aromatic ring is 1. The summed E-state index contributed by atoms with van der Waals surface area (Å²) in [6, 6.07) is 1.22. The summed E-state index contributed by atoms with van der Waals surface area (Å²) in [5, 5.41) is 35.7. The first-order valence-corrected chi connectivity index (χ1v) is 21.1. The van der Waals surface area contributed by atoms with Gasteiger partial charge in [-0.1, -0.05) is 103 Å². The third-order valence-electron chi connectivity index (χ3n) is 10.4. The van der Waals surface area contributed by atoms with Crippen LogP contribution in [0.2, 0.25) is 0 Å². The van der Waals surface area contributed by atoms with E-state index in [0.717, 1.165) is 54.1 Å². The van der Waals surface area contributed by atoms with E-state index in [2.05, 4.69) is 22.2 Å². The topological polar surface area (TPSA) is 257 Å². The zero-order valence-electron chi connectivity index (χ0n) is 31.8. The van der Waals surface area contributed by atoms with Gasteiger partial charge in [-0.3, -0.25) is 13.7 Å². The van der Waals surface area contributed by atoms with E-state index in [1.54, 1.807) is 0 Å². The molecule has 55 heavy (non-hydrogen) atoms. The van der Waals surface area contributed by atoms with E-state index in [1.807, 2.05) is 0 Å². The van der Waals surface area contributed by atoms with Gasteiger partial charge in [-0.15, -0.1) is 0 Å². The maximum atomic E-state index is 15.2. The Labute approximate surface area is 320 Å². The molecule has 0 radical (unpaired) electrons. The van der Waals surface area contributed by atoms with Crippen molar-refractivity contribution in [2.24, 2.45) is 0 Å². The maximum absolute atomic E-state index is 15.2. The molecule has 2 aromatic rings. The van der Waals surface area contributed by atoms with Crippen LogP contribution in [0.4, 0.5) is 16.0 Å². The van der Waals surface area contributed by atoms with E-state index >= 15 is 4.39 Å². The van der Waals surface area contributed by atoms with Crippen molar-refractivity contribution in [2.75, 3.05) is 17.6 Å². The van der Waals surface area contributed by atoms with Crippen LogP contribution in [0.1, 0.15) is 135 Å². The molecular formula is C36H59FN6O11P-. The van der Waals surface area contributed by atoms with Crippen molar-refractivity contribution in [1.82, 2.24) is 19.1 Å². The first kappa shape index (κ1) is 44.9. The van der Waals surface area contributed by atoms with Gasteiger partial charge in [-0.05, 0) is 19.4 Å². The van der Waals surface area contributed by atoms with E-state index in [9.17, 15) is 39.3 Å². The van der Waals surface area contributed by atoms with E-state index in [1.165, 1.54) is 83.1 Å². The number of unbranched alkanes of at least 4 members (excludes halogenated alkanes) is 15. The van der Waals surface area contributed by atoms with E-state index in [-0.39, 0.29) is 11.6 Å². The fourth-order valence-electron chi connectivity index (χ4n) is 7.49. The minimum atomic E-state index is -5.68. The van der Waals surface area contributed by atoms with Crippen molar-refractivity contribution in [1.29, 1.82) is 0 Å². The van der Waals surface area contributed by atoms with Crippen molar-refractivity contribution in [3.05, 3.63) is 45.2 Å². The lowest BCUT2D eigenvalue weighted by atomic mass is 9.86. The molecule has 2 aliphatic heterocycles. The predicted octanol–water partition coefficient (Wildman–Crippen LogP) is 3.40. The second-order valence-electron chi connectivity index (χ2n) is 14.9. The molecule has 4 rings (SSSR count). The molecule has 312 valence electrons. The monoisotopic (exact) mass is 801 g/mol. The molecule has 0 spiro atoms. The molecule has 9 unspecified atom stereocenters. The number of ether oxygens (including phenoxy) is 2. The highest BCUT2D eigenvalue weighted by Gasteiger charge is 2.61. The second-order valence-corrected chi connectivity index (χ2v) is 16.0. The number of nitrogens with two attached hydrogens (primary N) is 1. The number of aliphatic hydroxyl groups excluding tert-OH is 3. The molecule has 0 aliphatic carbocycles. The first-order valence-electron chi connectivity index (χ1n) is 19.6. The smallest absolute Gasteiger partial charge is 0.351 e. The molecule has 2 saturated heterocycles. The highest BCUT2D eigenvalue weighted by molar-refractivity contribution is 7.44. The predicted molar refractivity (Wildman–Crippen MR) is 199 cm³/mol. The van der Waals surface area contributed by atoms with Crippen LogP contribution in [0.5, 0.6) is 0 Å². The Hall–Kier alpha value is -2.80. The minimum absolute atomic E-state index is 0.138. The van der Waals surface area contributed by atoms with Gasteiger partial charge in [0.15, 0.2) is 17.9 Å². The Morgan fingerprint density at radius 3 is 2.00 bits per heavy atom. The largest absolute Gasteiger partial charge is 0.756 e. The molecule has 0 bridgehead atoms. The Morgan fingerprint density at radius 2 is 1.45 bits per heavy atom. The van der Waals surface area contributed by atoms with Gasteiger partial charge >= 0.3 is 11.4 Å². The number of hydrogen-bond acceptors (Lipinski definition) is 14. The summed E-state index contributed by atoms with van der Waals surface area (Å²) in [5.74, 6) is -1.27. The highest BCUT2D eigenvalue weighted by Crippen LogP contribution is 2.49. The minimum Gasteiger partial charge on any atom is -0.756 e. The summed E-state index contributed by atoms with van der Waals surface area (Å²) in [6.45, 7) is 3.65. The van der Waals surface area contributed by atoms with Gasteiger partial charge in [0.2, 0.25) is 0 Å². The fraction of sp³-hybridized carbons (Fsp3) is 0.778. The first-order chi connectivity index (χ1) is 26.2. The summed E-state index contributed by atoms with van der Waals surface area (Å²) in [6.07, 6.45) is 9.03. The molecular weight excluding hydrogens is 742 g/mol. The lowest BCUT2D eigenvalue weighted by Crippen LogP contribution is -2.59. The quantitative estimate of drug-likeness (QED) is 0.0657. The zero-order chi connectivity index (χ0) is 40.2. The van der Waals surface area contributed by atoms with Crippen molar-refractivity contribution in [3.8, 4) is 0 Å². The van der Waals surface area contributed by atoms with Crippen molar-refractivity contribution in [3.63, 3.8) is 0 Å². The van der Waals surface area contributed by atoms with Gasteiger partial charge in [-0.2, -0.15) is 9.97 Å². The number of nitrogens with one attached hydrogen (secondary N) is 1. The van der Waals surface area contributed by atoms with Gasteiger partial charge in [-0.25, -0.2) is 14.0 Å². The van der Waals surface area contributed by atoms with Crippen molar-refractivity contribution < 1.29 is 48.1 Å². The standard InChI is InChI=1S/C36H60FN6O11P/c1-3-4-5-6-7-8-9-10-11-12-13-14-15-16-17-18-20-39-32-24(37)23-43(35(48)41-32)27-22-25(44)30(52-27)36(2,54-55(49,50)51)31-28(45)29(46)33(53-31)42-21-19-26(38)40-34(42)47/h19,21,23,25,27-31,33,44-46H,3-18,20,22H2,1-2H3,(H2,38,40,47)(H,39,41,48)(H2,49,50,51)/p-1. The second kappa shape index (κ2) is 21.1. The van der Waals surface area contributed by atoms with Gasteiger partial charge in [0.1, 0.15) is 42.1 Å². The summed E-state index contributed by atoms with van der Waals surface area (Å²) < 4.78 is 45.3. The number of rotatable bonds is 24. The third kappa shape index (κ3) is 12.6. The highest BCUT2D eigenvalue weighted by atomic mass is 31.2. The lowest BCUT2D eigenvalue weighted by molar-refractivity contribution is -0.259. The van der Waals surface area contributed by atoms with Crippen LogP contribution in [0, 0.1) is 5.82 Å². The van der Waals surface area contributed by atoms with Crippen LogP contribution in [-0.2, 0) is 18.6 Å². The molecule has 9 atom stereocenters. The fourth-order valence-corrected chi connectivity index (χ4v) is 8.20. The van der Waals surface area contributed by atoms with Crippen molar-refractivity contribution >= 4 is 19.5 Å². The maximum Gasteiger partial charge on any atom is 0.351 e.